The standard InChI is InChI=1S/C16H29N3/c1-7-11-17-13-9-8-10-14(18-13)19-16(5,6)12-15(2,3)4/h8-10H,7,11-12H2,1-6H3,(H2,17,18,19). The Balaban J connectivity index is 2.70. The van der Waals surface area contributed by atoms with E-state index in [-0.39, 0.29) is 5.54 Å². The number of pyridine rings is 1. The van der Waals surface area contributed by atoms with Gasteiger partial charge in [-0.25, -0.2) is 4.98 Å². The lowest BCUT2D eigenvalue weighted by atomic mass is 9.82. The van der Waals surface area contributed by atoms with Gasteiger partial charge in [0.1, 0.15) is 11.6 Å². The third kappa shape index (κ3) is 6.46. The molecule has 3 heteroatoms. The van der Waals surface area contributed by atoms with Crippen molar-refractivity contribution in [3.05, 3.63) is 18.2 Å². The summed E-state index contributed by atoms with van der Waals surface area (Å²) in [6.07, 6.45) is 2.20. The first-order chi connectivity index (χ1) is 8.72. The molecule has 0 radical (unpaired) electrons. The third-order valence-corrected chi connectivity index (χ3v) is 2.74. The molecule has 1 aromatic heterocycles. The van der Waals surface area contributed by atoms with E-state index in [1.807, 2.05) is 18.2 Å². The zero-order valence-electron chi connectivity index (χ0n) is 13.3. The molecule has 2 N–H and O–H groups in total. The van der Waals surface area contributed by atoms with Crippen molar-refractivity contribution in [3.8, 4) is 0 Å². The largest absolute Gasteiger partial charge is 0.370 e. The van der Waals surface area contributed by atoms with Gasteiger partial charge in [-0.05, 0) is 44.2 Å². The Hall–Kier alpha value is -1.25. The van der Waals surface area contributed by atoms with Gasteiger partial charge in [0.15, 0.2) is 0 Å². The highest BCUT2D eigenvalue weighted by molar-refractivity contribution is 5.46. The maximum absolute atomic E-state index is 4.60. The molecule has 0 spiro atoms. The van der Waals surface area contributed by atoms with Crippen molar-refractivity contribution in [2.45, 2.75) is 59.9 Å². The summed E-state index contributed by atoms with van der Waals surface area (Å²) in [5, 5.41) is 6.86. The van der Waals surface area contributed by atoms with E-state index >= 15 is 0 Å². The monoisotopic (exact) mass is 263 g/mol. The average Bonchev–Trinajstić information content (AvgIpc) is 2.22. The van der Waals surface area contributed by atoms with Crippen LogP contribution in [0.15, 0.2) is 18.2 Å². The summed E-state index contributed by atoms with van der Waals surface area (Å²) in [6.45, 7) is 14.4. The topological polar surface area (TPSA) is 37.0 Å². The van der Waals surface area contributed by atoms with Gasteiger partial charge in [0.05, 0.1) is 0 Å². The van der Waals surface area contributed by atoms with Crippen LogP contribution in [-0.4, -0.2) is 17.1 Å². The number of anilines is 2. The first-order valence-electron chi connectivity index (χ1n) is 7.21. The number of aromatic nitrogens is 1. The zero-order valence-corrected chi connectivity index (χ0v) is 13.3. The summed E-state index contributed by atoms with van der Waals surface area (Å²) >= 11 is 0. The van der Waals surface area contributed by atoms with Crippen LogP contribution in [0.4, 0.5) is 11.6 Å². The van der Waals surface area contributed by atoms with Crippen molar-refractivity contribution in [1.82, 2.24) is 4.98 Å². The SMILES string of the molecule is CCCNc1cccc(NC(C)(C)CC(C)(C)C)n1. The van der Waals surface area contributed by atoms with Gasteiger partial charge in [-0.3, -0.25) is 0 Å². The maximum Gasteiger partial charge on any atom is 0.128 e. The molecule has 0 saturated carbocycles. The van der Waals surface area contributed by atoms with E-state index in [0.717, 1.165) is 31.0 Å². The van der Waals surface area contributed by atoms with Gasteiger partial charge in [0.2, 0.25) is 0 Å². The second-order valence-electron chi connectivity index (χ2n) is 7.08. The molecule has 0 saturated heterocycles. The first kappa shape index (κ1) is 15.8. The Labute approximate surface area is 118 Å². The molecule has 0 bridgehead atoms. The minimum Gasteiger partial charge on any atom is -0.370 e. The van der Waals surface area contributed by atoms with Gasteiger partial charge in [-0.2, -0.15) is 0 Å². The van der Waals surface area contributed by atoms with Crippen LogP contribution in [0.25, 0.3) is 0 Å². The van der Waals surface area contributed by atoms with E-state index in [4.69, 9.17) is 0 Å². The van der Waals surface area contributed by atoms with E-state index in [2.05, 4.69) is 57.2 Å². The minimum atomic E-state index is 0.0363. The quantitative estimate of drug-likeness (QED) is 0.791. The lowest BCUT2D eigenvalue weighted by molar-refractivity contribution is 0.302. The number of nitrogens with one attached hydrogen (secondary N) is 2. The highest BCUT2D eigenvalue weighted by atomic mass is 15.1. The molecule has 0 aliphatic rings. The molecule has 0 aromatic carbocycles. The van der Waals surface area contributed by atoms with Crippen molar-refractivity contribution in [2.24, 2.45) is 5.41 Å². The van der Waals surface area contributed by atoms with Crippen LogP contribution in [0.5, 0.6) is 0 Å². The van der Waals surface area contributed by atoms with Crippen LogP contribution >= 0.6 is 0 Å². The molecule has 0 aliphatic heterocycles. The Morgan fingerprint density at radius 1 is 1.05 bits per heavy atom. The lowest BCUT2D eigenvalue weighted by Gasteiger charge is -2.33. The Morgan fingerprint density at radius 3 is 2.26 bits per heavy atom. The van der Waals surface area contributed by atoms with Crippen molar-refractivity contribution in [2.75, 3.05) is 17.2 Å². The molecule has 108 valence electrons. The highest BCUT2D eigenvalue weighted by Gasteiger charge is 2.25. The van der Waals surface area contributed by atoms with Gasteiger partial charge in [-0.1, -0.05) is 33.8 Å². The molecule has 0 fully saturated rings. The van der Waals surface area contributed by atoms with Gasteiger partial charge >= 0.3 is 0 Å². The summed E-state index contributed by atoms with van der Waals surface area (Å²) < 4.78 is 0. The number of nitrogens with zero attached hydrogens (tertiary/aromatic N) is 1. The van der Waals surface area contributed by atoms with E-state index in [0.29, 0.717) is 5.41 Å². The van der Waals surface area contributed by atoms with Crippen LogP contribution < -0.4 is 10.6 Å². The summed E-state index contributed by atoms with van der Waals surface area (Å²) in [5.74, 6) is 1.88. The van der Waals surface area contributed by atoms with Crippen LogP contribution in [0.2, 0.25) is 0 Å². The van der Waals surface area contributed by atoms with Gasteiger partial charge in [-0.15, -0.1) is 0 Å². The zero-order chi connectivity index (χ0) is 14.5. The molecule has 3 nitrogen and oxygen atoms in total. The molecule has 1 aromatic rings. The van der Waals surface area contributed by atoms with Gasteiger partial charge < -0.3 is 10.6 Å². The van der Waals surface area contributed by atoms with Gasteiger partial charge in [0.25, 0.3) is 0 Å². The third-order valence-electron chi connectivity index (χ3n) is 2.74. The fourth-order valence-electron chi connectivity index (χ4n) is 2.57. The number of rotatable bonds is 6. The molecule has 19 heavy (non-hydrogen) atoms. The summed E-state index contributed by atoms with van der Waals surface area (Å²) in [6, 6.07) is 6.08. The molecule has 1 heterocycles. The Morgan fingerprint density at radius 2 is 1.68 bits per heavy atom. The van der Waals surface area contributed by atoms with E-state index in [9.17, 15) is 0 Å². The summed E-state index contributed by atoms with van der Waals surface area (Å²) in [4.78, 5) is 4.60. The van der Waals surface area contributed by atoms with Crippen molar-refractivity contribution in [1.29, 1.82) is 0 Å². The highest BCUT2D eigenvalue weighted by Crippen LogP contribution is 2.29. The lowest BCUT2D eigenvalue weighted by Crippen LogP contribution is -2.35. The number of hydrogen-bond donors (Lipinski definition) is 2. The minimum absolute atomic E-state index is 0.0363. The Bertz CT molecular complexity index is 391. The second-order valence-corrected chi connectivity index (χ2v) is 7.08. The predicted molar refractivity (Wildman–Crippen MR) is 84.8 cm³/mol. The molecule has 0 amide bonds. The fourth-order valence-corrected chi connectivity index (χ4v) is 2.57. The predicted octanol–water partition coefficient (Wildman–Crippen LogP) is 4.53. The molecular weight excluding hydrogens is 234 g/mol. The first-order valence-corrected chi connectivity index (χ1v) is 7.21. The van der Waals surface area contributed by atoms with Crippen LogP contribution in [0, 0.1) is 5.41 Å². The van der Waals surface area contributed by atoms with E-state index in [1.165, 1.54) is 0 Å². The van der Waals surface area contributed by atoms with Gasteiger partial charge in [0, 0.05) is 12.1 Å². The van der Waals surface area contributed by atoms with Crippen LogP contribution in [0.1, 0.15) is 54.4 Å². The van der Waals surface area contributed by atoms with Crippen LogP contribution in [0.3, 0.4) is 0 Å². The van der Waals surface area contributed by atoms with Crippen molar-refractivity contribution in [3.63, 3.8) is 0 Å². The smallest absolute Gasteiger partial charge is 0.128 e. The summed E-state index contributed by atoms with van der Waals surface area (Å²) in [7, 11) is 0. The van der Waals surface area contributed by atoms with Crippen molar-refractivity contribution >= 4 is 11.6 Å². The molecule has 0 atom stereocenters. The normalized spacial score (nSPS) is 12.3. The average molecular weight is 263 g/mol. The van der Waals surface area contributed by atoms with E-state index < -0.39 is 0 Å². The van der Waals surface area contributed by atoms with E-state index in [1.54, 1.807) is 0 Å². The number of hydrogen-bond acceptors (Lipinski definition) is 3. The summed E-state index contributed by atoms with van der Waals surface area (Å²) in [5.41, 5.74) is 0.337. The Kier molecular flexibility index (Phi) is 5.21. The fraction of sp³-hybridized carbons (Fsp3) is 0.688. The van der Waals surface area contributed by atoms with Crippen molar-refractivity contribution < 1.29 is 0 Å². The molecule has 0 unspecified atom stereocenters. The molecular formula is C16H29N3. The second kappa shape index (κ2) is 6.27. The molecule has 1 rings (SSSR count). The van der Waals surface area contributed by atoms with Crippen LogP contribution in [-0.2, 0) is 0 Å². The molecule has 0 aliphatic carbocycles. The maximum atomic E-state index is 4.60.